The second-order valence-electron chi connectivity index (χ2n) is 8.30. The minimum atomic E-state index is -0.140. The molecule has 5 aromatic rings. The fourth-order valence-corrected chi connectivity index (χ4v) is 3.81. The van der Waals surface area contributed by atoms with Gasteiger partial charge in [0.1, 0.15) is 30.3 Å². The van der Waals surface area contributed by atoms with Gasteiger partial charge in [0.05, 0.1) is 24.1 Å². The van der Waals surface area contributed by atoms with Crippen LogP contribution in [0.2, 0.25) is 0 Å². The van der Waals surface area contributed by atoms with Crippen LogP contribution in [-0.4, -0.2) is 30.2 Å². The first-order chi connectivity index (χ1) is 18.0. The molecular formula is C28H25N3O6. The van der Waals surface area contributed by atoms with Gasteiger partial charge >= 0.3 is 0 Å². The zero-order chi connectivity index (χ0) is 25.8. The van der Waals surface area contributed by atoms with Gasteiger partial charge in [-0.15, -0.1) is 0 Å². The van der Waals surface area contributed by atoms with Crippen LogP contribution in [0.15, 0.2) is 76.2 Å². The van der Waals surface area contributed by atoms with Gasteiger partial charge in [-0.05, 0) is 48.9 Å². The molecule has 2 N–H and O–H groups in total. The lowest BCUT2D eigenvalue weighted by Gasteiger charge is -2.11. The van der Waals surface area contributed by atoms with Gasteiger partial charge in [-0.2, -0.15) is 0 Å². The molecule has 0 amide bonds. The van der Waals surface area contributed by atoms with E-state index in [2.05, 4.69) is 9.97 Å². The Morgan fingerprint density at radius 3 is 2.43 bits per heavy atom. The number of nitrogens with two attached hydrogens (primary N) is 1. The largest absolute Gasteiger partial charge is 0.488 e. The van der Waals surface area contributed by atoms with Crippen LogP contribution in [-0.2, 0) is 6.61 Å². The quantitative estimate of drug-likeness (QED) is 0.286. The number of aromatic nitrogens is 2. The van der Waals surface area contributed by atoms with Crippen molar-refractivity contribution < 1.29 is 23.4 Å². The molecule has 9 nitrogen and oxygen atoms in total. The summed E-state index contributed by atoms with van der Waals surface area (Å²) in [6, 6.07) is 15.8. The molecule has 0 spiro atoms. The third kappa shape index (κ3) is 5.31. The molecule has 0 aliphatic rings. The van der Waals surface area contributed by atoms with Gasteiger partial charge in [0, 0.05) is 36.5 Å². The Kier molecular flexibility index (Phi) is 6.87. The predicted molar refractivity (Wildman–Crippen MR) is 139 cm³/mol. The van der Waals surface area contributed by atoms with E-state index in [4.69, 9.17) is 29.1 Å². The summed E-state index contributed by atoms with van der Waals surface area (Å²) in [5, 5.41) is 0.906. The van der Waals surface area contributed by atoms with E-state index in [9.17, 15) is 4.79 Å². The Balaban J connectivity index is 1.35. The highest BCUT2D eigenvalue weighted by atomic mass is 16.5. The van der Waals surface area contributed by atoms with Crippen molar-refractivity contribution >= 4 is 21.9 Å². The average Bonchev–Trinajstić information content (AvgIpc) is 2.92. The lowest BCUT2D eigenvalue weighted by molar-refractivity contribution is 0.292. The Morgan fingerprint density at radius 1 is 0.892 bits per heavy atom. The number of aryl methyl sites for hydroxylation is 1. The third-order valence-corrected chi connectivity index (χ3v) is 5.57. The Hall–Kier alpha value is -4.63. The molecule has 0 bridgehead atoms. The van der Waals surface area contributed by atoms with E-state index >= 15 is 0 Å². The minimum Gasteiger partial charge on any atom is -0.488 e. The number of benzene rings is 2. The predicted octanol–water partition coefficient (Wildman–Crippen LogP) is 4.76. The third-order valence-electron chi connectivity index (χ3n) is 5.57. The van der Waals surface area contributed by atoms with Gasteiger partial charge in [-0.1, -0.05) is 0 Å². The Morgan fingerprint density at radius 2 is 1.70 bits per heavy atom. The lowest BCUT2D eigenvalue weighted by Crippen LogP contribution is -2.11. The first kappa shape index (κ1) is 24.1. The maximum atomic E-state index is 13.2. The molecule has 0 atom stereocenters. The number of nitrogens with zero attached hydrogens (tertiary/aromatic N) is 2. The molecule has 3 heterocycles. The Labute approximate surface area is 212 Å². The van der Waals surface area contributed by atoms with Crippen molar-refractivity contribution in [3.05, 3.63) is 88.3 Å². The Bertz CT molecular complexity index is 1600. The van der Waals surface area contributed by atoms with Gasteiger partial charge in [0.15, 0.2) is 11.3 Å². The molecular weight excluding hydrogens is 474 g/mol. The second-order valence-corrected chi connectivity index (χ2v) is 8.30. The summed E-state index contributed by atoms with van der Waals surface area (Å²) < 4.78 is 28.5. The first-order valence-electron chi connectivity index (χ1n) is 11.6. The minimum absolute atomic E-state index is 0.140. The van der Waals surface area contributed by atoms with Crippen molar-refractivity contribution in [1.29, 1.82) is 0 Å². The van der Waals surface area contributed by atoms with E-state index < -0.39 is 0 Å². The zero-order valence-corrected chi connectivity index (χ0v) is 20.4. The van der Waals surface area contributed by atoms with Crippen molar-refractivity contribution in [2.24, 2.45) is 5.73 Å². The van der Waals surface area contributed by atoms with Crippen molar-refractivity contribution in [1.82, 2.24) is 9.97 Å². The van der Waals surface area contributed by atoms with Crippen LogP contribution in [0.3, 0.4) is 0 Å². The summed E-state index contributed by atoms with van der Waals surface area (Å²) >= 11 is 0. The summed E-state index contributed by atoms with van der Waals surface area (Å²) in [7, 11) is 1.57. The van der Waals surface area contributed by atoms with E-state index in [0.29, 0.717) is 70.7 Å². The monoisotopic (exact) mass is 499 g/mol. The van der Waals surface area contributed by atoms with Crippen LogP contribution >= 0.6 is 0 Å². The van der Waals surface area contributed by atoms with Gasteiger partial charge in [0.25, 0.3) is 0 Å². The summed E-state index contributed by atoms with van der Waals surface area (Å²) in [6.45, 7) is 2.88. The summed E-state index contributed by atoms with van der Waals surface area (Å²) in [5.41, 5.74) is 7.99. The lowest BCUT2D eigenvalue weighted by atomic mass is 10.1. The smallest absolute Gasteiger partial charge is 0.213 e. The molecule has 5 rings (SSSR count). The molecule has 9 heteroatoms. The molecule has 188 valence electrons. The number of methoxy groups -OCH3 is 1. The van der Waals surface area contributed by atoms with Gasteiger partial charge in [0.2, 0.25) is 17.2 Å². The molecule has 37 heavy (non-hydrogen) atoms. The first-order valence-corrected chi connectivity index (χ1v) is 11.6. The highest BCUT2D eigenvalue weighted by Gasteiger charge is 2.14. The number of rotatable bonds is 9. The highest BCUT2D eigenvalue weighted by Crippen LogP contribution is 2.31. The fraction of sp³-hybridized carbons (Fsp3) is 0.179. The zero-order valence-electron chi connectivity index (χ0n) is 20.4. The molecule has 0 unspecified atom stereocenters. The second kappa shape index (κ2) is 10.5. The van der Waals surface area contributed by atoms with Crippen LogP contribution in [0.4, 0.5) is 0 Å². The van der Waals surface area contributed by atoms with Crippen molar-refractivity contribution in [2.75, 3.05) is 20.3 Å². The van der Waals surface area contributed by atoms with Gasteiger partial charge < -0.3 is 29.1 Å². The summed E-state index contributed by atoms with van der Waals surface area (Å²) in [6.07, 6.45) is 3.25. The number of hydrogen-bond acceptors (Lipinski definition) is 9. The van der Waals surface area contributed by atoms with E-state index in [0.717, 1.165) is 11.1 Å². The molecule has 0 saturated heterocycles. The molecule has 0 fully saturated rings. The number of fused-ring (bicyclic) bond motifs is 2. The van der Waals surface area contributed by atoms with Crippen molar-refractivity contribution in [3.63, 3.8) is 0 Å². The van der Waals surface area contributed by atoms with Crippen LogP contribution in [0.25, 0.3) is 21.9 Å². The molecule has 0 aliphatic heterocycles. The number of hydrogen-bond donors (Lipinski definition) is 1. The summed E-state index contributed by atoms with van der Waals surface area (Å²) in [5.74, 6) is 2.46. The fourth-order valence-electron chi connectivity index (χ4n) is 3.81. The SMILES string of the molecule is COc1ccc(COc2ccc(Oc3ccc4c(=O)c5cc(C)cc(OCCN)c5oc4c3)cn2)cn1. The standard InChI is InChI=1S/C28H25N3O6/c1-17-11-22-27(32)21-6-4-19(13-23(21)37-28(22)24(12-17)34-10-9-29)36-20-5-8-26(31-15-20)35-16-18-3-7-25(33-2)30-14-18/h3-8,11-15H,9-10,16,29H2,1-2H3. The van der Waals surface area contributed by atoms with E-state index in [1.54, 1.807) is 62.0 Å². The topological polar surface area (TPSA) is 119 Å². The van der Waals surface area contributed by atoms with E-state index in [-0.39, 0.29) is 5.43 Å². The average molecular weight is 500 g/mol. The maximum Gasteiger partial charge on any atom is 0.213 e. The summed E-state index contributed by atoms with van der Waals surface area (Å²) in [4.78, 5) is 21.6. The van der Waals surface area contributed by atoms with Crippen LogP contribution in [0.5, 0.6) is 29.0 Å². The van der Waals surface area contributed by atoms with Crippen molar-refractivity contribution in [3.8, 4) is 29.0 Å². The number of pyridine rings is 2. The molecule has 0 saturated carbocycles. The van der Waals surface area contributed by atoms with E-state index in [1.165, 1.54) is 0 Å². The van der Waals surface area contributed by atoms with Crippen LogP contribution in [0.1, 0.15) is 11.1 Å². The number of ether oxygens (including phenoxy) is 4. The molecule has 0 aliphatic carbocycles. The highest BCUT2D eigenvalue weighted by molar-refractivity contribution is 5.93. The normalized spacial score (nSPS) is 11.0. The maximum absolute atomic E-state index is 13.2. The van der Waals surface area contributed by atoms with Crippen molar-refractivity contribution in [2.45, 2.75) is 13.5 Å². The van der Waals surface area contributed by atoms with E-state index in [1.807, 2.05) is 19.1 Å². The van der Waals surface area contributed by atoms with Crippen LogP contribution in [0, 0.1) is 6.92 Å². The molecule has 3 aromatic heterocycles. The van der Waals surface area contributed by atoms with Gasteiger partial charge in [-0.25, -0.2) is 9.97 Å². The van der Waals surface area contributed by atoms with Crippen LogP contribution < -0.4 is 30.1 Å². The molecule has 2 aromatic carbocycles. The van der Waals surface area contributed by atoms with Gasteiger partial charge in [-0.3, -0.25) is 4.79 Å². The molecule has 0 radical (unpaired) electrons.